The van der Waals surface area contributed by atoms with Crippen LogP contribution in [0.4, 0.5) is 0 Å². The molecule has 0 saturated heterocycles. The number of nitrogens with two attached hydrogens (primary N) is 1. The molecule has 0 spiro atoms. The molecule has 4 nitrogen and oxygen atoms in total. The predicted molar refractivity (Wildman–Crippen MR) is 44.7 cm³/mol. The molecule has 0 amide bonds. The highest BCUT2D eigenvalue weighted by Gasteiger charge is 2.04. The topological polar surface area (TPSA) is 79.0 Å². The van der Waals surface area contributed by atoms with E-state index in [0.717, 1.165) is 12.7 Å². The summed E-state index contributed by atoms with van der Waals surface area (Å²) < 4.78 is 0. The number of aldehydes is 1. The minimum Gasteiger partial charge on any atom is -0.388 e. The van der Waals surface area contributed by atoms with Gasteiger partial charge in [-0.25, -0.2) is 0 Å². The Morgan fingerprint density at radius 1 is 1.82 bits per heavy atom. The summed E-state index contributed by atoms with van der Waals surface area (Å²) in [5, 5.41) is 9.93. The zero-order chi connectivity index (χ0) is 8.69. The first-order chi connectivity index (χ1) is 5.20. The highest BCUT2D eigenvalue weighted by molar-refractivity contribution is 5.76. The molecule has 1 atom stereocenters. The van der Waals surface area contributed by atoms with Gasteiger partial charge in [0.15, 0.2) is 0 Å². The van der Waals surface area contributed by atoms with E-state index in [-0.39, 0.29) is 11.9 Å². The minimum atomic E-state index is 0.163. The Labute approximate surface area is 66.7 Å². The van der Waals surface area contributed by atoms with Crippen LogP contribution in [0.2, 0.25) is 0 Å². The molecule has 0 aliphatic rings. The van der Waals surface area contributed by atoms with Gasteiger partial charge in [0, 0.05) is 18.9 Å². The molecule has 1 unspecified atom stereocenters. The standard InChI is InChI=1S/C7H15N3O/c1-10-6(4-5-11)2-3-7(8)9/h5-6,10H,2-4H2,1H3,(H3,8,9). The lowest BCUT2D eigenvalue weighted by Crippen LogP contribution is -2.27. The quantitative estimate of drug-likeness (QED) is 0.286. The second-order valence-corrected chi connectivity index (χ2v) is 2.45. The zero-order valence-corrected chi connectivity index (χ0v) is 6.76. The molecule has 0 aromatic carbocycles. The molecule has 0 heterocycles. The second-order valence-electron chi connectivity index (χ2n) is 2.45. The third-order valence-electron chi connectivity index (χ3n) is 1.55. The molecular formula is C7H15N3O. The first-order valence-electron chi connectivity index (χ1n) is 3.64. The molecule has 0 aromatic heterocycles. The van der Waals surface area contributed by atoms with Crippen molar-refractivity contribution in [1.82, 2.24) is 5.32 Å². The largest absolute Gasteiger partial charge is 0.388 e. The third kappa shape index (κ3) is 5.54. The number of hydrogen-bond acceptors (Lipinski definition) is 3. The van der Waals surface area contributed by atoms with Crippen LogP contribution in [0.25, 0.3) is 0 Å². The summed E-state index contributed by atoms with van der Waals surface area (Å²) in [6, 6.07) is 0.163. The lowest BCUT2D eigenvalue weighted by Gasteiger charge is -2.11. The van der Waals surface area contributed by atoms with Crippen LogP contribution in [0.1, 0.15) is 19.3 Å². The van der Waals surface area contributed by atoms with Crippen molar-refractivity contribution in [2.75, 3.05) is 7.05 Å². The van der Waals surface area contributed by atoms with Gasteiger partial charge in [-0.15, -0.1) is 0 Å². The molecule has 0 saturated carbocycles. The number of carbonyl (C=O) groups excluding carboxylic acids is 1. The maximum Gasteiger partial charge on any atom is 0.121 e. The molecule has 4 heteroatoms. The fraction of sp³-hybridized carbons (Fsp3) is 0.714. The van der Waals surface area contributed by atoms with Gasteiger partial charge in [-0.05, 0) is 13.5 Å². The van der Waals surface area contributed by atoms with Crippen molar-refractivity contribution in [2.24, 2.45) is 5.73 Å². The van der Waals surface area contributed by atoms with Crippen LogP contribution in [0.5, 0.6) is 0 Å². The van der Waals surface area contributed by atoms with E-state index in [1.807, 2.05) is 0 Å². The molecule has 0 aliphatic carbocycles. The van der Waals surface area contributed by atoms with Crippen LogP contribution in [0, 0.1) is 5.41 Å². The van der Waals surface area contributed by atoms with Crippen LogP contribution in [-0.2, 0) is 4.79 Å². The molecule has 0 fully saturated rings. The number of amidine groups is 1. The maximum atomic E-state index is 10.1. The van der Waals surface area contributed by atoms with Crippen molar-refractivity contribution in [1.29, 1.82) is 5.41 Å². The highest BCUT2D eigenvalue weighted by atomic mass is 16.1. The van der Waals surface area contributed by atoms with Gasteiger partial charge < -0.3 is 15.8 Å². The number of nitrogens with one attached hydrogen (secondary N) is 2. The van der Waals surface area contributed by atoms with Crippen LogP contribution in [0.15, 0.2) is 0 Å². The van der Waals surface area contributed by atoms with Crippen LogP contribution >= 0.6 is 0 Å². The first-order valence-corrected chi connectivity index (χ1v) is 3.64. The van der Waals surface area contributed by atoms with E-state index < -0.39 is 0 Å². The minimum absolute atomic E-state index is 0.163. The average molecular weight is 157 g/mol. The average Bonchev–Trinajstić information content (AvgIpc) is 1.97. The molecule has 4 N–H and O–H groups in total. The van der Waals surface area contributed by atoms with E-state index in [1.54, 1.807) is 7.05 Å². The summed E-state index contributed by atoms with van der Waals surface area (Å²) in [5.74, 6) is 0.177. The Balaban J connectivity index is 3.51. The molecule has 0 bridgehead atoms. The Kier molecular flexibility index (Phi) is 5.37. The maximum absolute atomic E-state index is 10.1. The van der Waals surface area contributed by atoms with Crippen LogP contribution in [-0.4, -0.2) is 25.2 Å². The van der Waals surface area contributed by atoms with Gasteiger partial charge in [0.2, 0.25) is 0 Å². The molecule has 0 radical (unpaired) electrons. The molecule has 0 aromatic rings. The van der Waals surface area contributed by atoms with Gasteiger partial charge in [-0.2, -0.15) is 0 Å². The van der Waals surface area contributed by atoms with Gasteiger partial charge in [-0.3, -0.25) is 5.41 Å². The Hall–Kier alpha value is -0.900. The molecule has 0 aliphatic heterocycles. The summed E-state index contributed by atoms with van der Waals surface area (Å²) in [6.45, 7) is 0. The summed E-state index contributed by atoms with van der Waals surface area (Å²) >= 11 is 0. The van der Waals surface area contributed by atoms with Crippen LogP contribution in [0.3, 0.4) is 0 Å². The summed E-state index contributed by atoms with van der Waals surface area (Å²) in [6.07, 6.45) is 2.68. The van der Waals surface area contributed by atoms with Gasteiger partial charge in [-0.1, -0.05) is 0 Å². The number of hydrogen-bond donors (Lipinski definition) is 3. The molecule has 0 rings (SSSR count). The smallest absolute Gasteiger partial charge is 0.121 e. The number of carbonyl (C=O) groups is 1. The fourth-order valence-electron chi connectivity index (χ4n) is 0.826. The Morgan fingerprint density at radius 2 is 2.45 bits per heavy atom. The molecular weight excluding hydrogens is 142 g/mol. The van der Waals surface area contributed by atoms with E-state index in [0.29, 0.717) is 12.8 Å². The number of rotatable bonds is 6. The van der Waals surface area contributed by atoms with Gasteiger partial charge in [0.25, 0.3) is 0 Å². The van der Waals surface area contributed by atoms with Crippen molar-refractivity contribution in [3.63, 3.8) is 0 Å². The van der Waals surface area contributed by atoms with E-state index in [2.05, 4.69) is 5.32 Å². The third-order valence-corrected chi connectivity index (χ3v) is 1.55. The van der Waals surface area contributed by atoms with E-state index >= 15 is 0 Å². The van der Waals surface area contributed by atoms with Crippen molar-refractivity contribution < 1.29 is 4.79 Å². The second kappa shape index (κ2) is 5.85. The first kappa shape index (κ1) is 10.1. The fourth-order valence-corrected chi connectivity index (χ4v) is 0.826. The lowest BCUT2D eigenvalue weighted by molar-refractivity contribution is -0.108. The van der Waals surface area contributed by atoms with Gasteiger partial charge in [0.05, 0.1) is 5.84 Å². The lowest BCUT2D eigenvalue weighted by atomic mass is 10.1. The van der Waals surface area contributed by atoms with Crippen LogP contribution < -0.4 is 11.1 Å². The van der Waals surface area contributed by atoms with Gasteiger partial charge >= 0.3 is 0 Å². The van der Waals surface area contributed by atoms with Crippen molar-refractivity contribution in [3.8, 4) is 0 Å². The highest BCUT2D eigenvalue weighted by Crippen LogP contribution is 1.98. The van der Waals surface area contributed by atoms with Crippen molar-refractivity contribution >= 4 is 12.1 Å². The van der Waals surface area contributed by atoms with Crippen molar-refractivity contribution in [2.45, 2.75) is 25.3 Å². The monoisotopic (exact) mass is 157 g/mol. The van der Waals surface area contributed by atoms with Gasteiger partial charge in [0.1, 0.15) is 6.29 Å². The summed E-state index contributed by atoms with van der Waals surface area (Å²) in [7, 11) is 1.80. The normalized spacial score (nSPS) is 12.5. The van der Waals surface area contributed by atoms with E-state index in [9.17, 15) is 4.79 Å². The zero-order valence-electron chi connectivity index (χ0n) is 6.76. The molecule has 11 heavy (non-hydrogen) atoms. The van der Waals surface area contributed by atoms with E-state index in [1.165, 1.54) is 0 Å². The Bertz CT molecular complexity index is 136. The van der Waals surface area contributed by atoms with E-state index in [4.69, 9.17) is 11.1 Å². The van der Waals surface area contributed by atoms with Crippen molar-refractivity contribution in [3.05, 3.63) is 0 Å². The Morgan fingerprint density at radius 3 is 2.82 bits per heavy atom. The SMILES string of the molecule is CNC(CC=O)CCC(=N)N. The summed E-state index contributed by atoms with van der Waals surface area (Å²) in [4.78, 5) is 10.1. The summed E-state index contributed by atoms with van der Waals surface area (Å²) in [5.41, 5.74) is 5.16. The molecule has 64 valence electrons. The predicted octanol–water partition coefficient (Wildman–Crippen LogP) is -0.120.